The quantitative estimate of drug-likeness (QED) is 0.0903. The summed E-state index contributed by atoms with van der Waals surface area (Å²) in [6.07, 6.45) is 7.82. The lowest BCUT2D eigenvalue weighted by Crippen LogP contribution is -2.53. The third-order valence-corrected chi connectivity index (χ3v) is 12.2. The van der Waals surface area contributed by atoms with Crippen LogP contribution in [0.2, 0.25) is 5.02 Å². The van der Waals surface area contributed by atoms with Gasteiger partial charge in [-0.1, -0.05) is 61.2 Å². The molecule has 4 aliphatic rings. The van der Waals surface area contributed by atoms with Gasteiger partial charge in [0.05, 0.1) is 34.9 Å². The largest absolute Gasteiger partial charge is 0.506 e. The van der Waals surface area contributed by atoms with Gasteiger partial charge in [-0.25, -0.2) is 0 Å². The minimum atomic E-state index is -0.927. The number of carbonyl (C=O) groups excluding carboxylic acids is 2. The van der Waals surface area contributed by atoms with Crippen molar-refractivity contribution in [3.8, 4) is 11.5 Å². The minimum Gasteiger partial charge on any atom is -0.506 e. The number of fused-ring (bicyclic) bond motifs is 4. The number of anilines is 1. The molecule has 0 spiro atoms. The second kappa shape index (κ2) is 17.2. The Morgan fingerprint density at radius 1 is 1.04 bits per heavy atom. The first-order valence-electron chi connectivity index (χ1n) is 19.6. The SMILES string of the molecule is COc1cc(NC(=O)CCCc2ccc(C3(C(=O)O[C@H]4CN5CCC4CC5)CCCCC3)cc2)c(Cl)cc1CNCC(O)c1ccc(O)c2[nH]c(=O)ccc12. The van der Waals surface area contributed by atoms with Gasteiger partial charge in [0.1, 0.15) is 17.6 Å². The van der Waals surface area contributed by atoms with Crippen molar-refractivity contribution in [3.63, 3.8) is 0 Å². The third kappa shape index (κ3) is 8.70. The predicted molar refractivity (Wildman–Crippen MR) is 213 cm³/mol. The van der Waals surface area contributed by atoms with Crippen molar-refractivity contribution in [1.29, 1.82) is 0 Å². The van der Waals surface area contributed by atoms with Crippen LogP contribution >= 0.6 is 11.6 Å². The number of pyridine rings is 1. The number of rotatable bonds is 14. The number of carbonyl (C=O) groups is 2. The number of ether oxygens (including phenoxy) is 2. The van der Waals surface area contributed by atoms with Crippen molar-refractivity contribution in [1.82, 2.24) is 15.2 Å². The van der Waals surface area contributed by atoms with Gasteiger partial charge in [-0.3, -0.25) is 19.3 Å². The van der Waals surface area contributed by atoms with Crippen LogP contribution in [0, 0.1) is 5.92 Å². The monoisotopic (exact) mass is 770 g/mol. The van der Waals surface area contributed by atoms with E-state index in [1.54, 1.807) is 31.4 Å². The van der Waals surface area contributed by atoms with Crippen LogP contribution < -0.4 is 20.9 Å². The number of nitrogens with one attached hydrogen (secondary N) is 3. The van der Waals surface area contributed by atoms with E-state index in [9.17, 15) is 24.6 Å². The summed E-state index contributed by atoms with van der Waals surface area (Å²) >= 11 is 6.61. The summed E-state index contributed by atoms with van der Waals surface area (Å²) in [7, 11) is 1.54. The first-order chi connectivity index (χ1) is 26.6. The van der Waals surface area contributed by atoms with Crippen LogP contribution in [0.25, 0.3) is 10.9 Å². The molecule has 4 heterocycles. The van der Waals surface area contributed by atoms with Crippen LogP contribution in [0.3, 0.4) is 0 Å². The van der Waals surface area contributed by atoms with Gasteiger partial charge in [-0.15, -0.1) is 0 Å². The molecule has 1 aliphatic carbocycles. The molecule has 4 aromatic rings. The number of methoxy groups -OCH3 is 1. The lowest BCUT2D eigenvalue weighted by Gasteiger charge is -2.45. The Bertz CT molecular complexity index is 2050. The molecule has 12 heteroatoms. The fourth-order valence-electron chi connectivity index (χ4n) is 8.74. The lowest BCUT2D eigenvalue weighted by molar-refractivity contribution is -0.167. The molecule has 1 aromatic heterocycles. The van der Waals surface area contributed by atoms with Crippen LogP contribution in [0.15, 0.2) is 65.5 Å². The normalized spacial score (nSPS) is 20.9. The van der Waals surface area contributed by atoms with Crippen LogP contribution in [0.4, 0.5) is 5.69 Å². The number of halogens is 1. The van der Waals surface area contributed by atoms with E-state index in [1.165, 1.54) is 12.1 Å². The zero-order valence-electron chi connectivity index (χ0n) is 31.4. The number of aromatic amines is 1. The molecule has 11 nitrogen and oxygen atoms in total. The Labute approximate surface area is 326 Å². The molecule has 0 radical (unpaired) electrons. The van der Waals surface area contributed by atoms with Crippen molar-refractivity contribution in [2.75, 3.05) is 38.6 Å². The average Bonchev–Trinajstić information content (AvgIpc) is 3.20. The molecule has 55 heavy (non-hydrogen) atoms. The van der Waals surface area contributed by atoms with Gasteiger partial charge >= 0.3 is 5.97 Å². The molecule has 1 amide bonds. The molecule has 5 N–H and O–H groups in total. The van der Waals surface area contributed by atoms with Crippen LogP contribution in [-0.2, 0) is 32.7 Å². The molecule has 3 saturated heterocycles. The van der Waals surface area contributed by atoms with Gasteiger partial charge in [0.2, 0.25) is 11.5 Å². The number of esters is 1. The second-order valence-corrected chi connectivity index (χ2v) is 15.8. The molecule has 2 bridgehead atoms. The first kappa shape index (κ1) is 38.8. The number of hydrogen-bond donors (Lipinski definition) is 5. The molecule has 8 rings (SSSR count). The van der Waals surface area contributed by atoms with Crippen LogP contribution in [0.5, 0.6) is 11.5 Å². The summed E-state index contributed by atoms with van der Waals surface area (Å²) in [4.78, 5) is 43.7. The number of phenolic OH excluding ortho intramolecular Hbond substituents is 1. The number of aliphatic hydroxyl groups is 1. The van der Waals surface area contributed by atoms with Gasteiger partial charge in [0, 0.05) is 49.1 Å². The zero-order chi connectivity index (χ0) is 38.5. The highest BCUT2D eigenvalue weighted by Gasteiger charge is 2.45. The minimum absolute atomic E-state index is 0.00590. The van der Waals surface area contributed by atoms with Gasteiger partial charge in [0.15, 0.2) is 0 Å². The summed E-state index contributed by atoms with van der Waals surface area (Å²) in [5, 5.41) is 28.1. The number of amides is 1. The summed E-state index contributed by atoms with van der Waals surface area (Å²) in [6.45, 7) is 3.59. The highest BCUT2D eigenvalue weighted by molar-refractivity contribution is 6.33. The Kier molecular flexibility index (Phi) is 12.1. The van der Waals surface area contributed by atoms with E-state index in [2.05, 4.69) is 44.8 Å². The van der Waals surface area contributed by atoms with E-state index >= 15 is 0 Å². The number of benzene rings is 3. The Morgan fingerprint density at radius 2 is 1.80 bits per heavy atom. The molecular formula is C43H51ClN4O7. The number of aryl methyl sites for hydroxylation is 1. The maximum absolute atomic E-state index is 13.9. The number of aromatic hydroxyl groups is 1. The van der Waals surface area contributed by atoms with E-state index in [0.29, 0.717) is 52.7 Å². The van der Waals surface area contributed by atoms with E-state index in [4.69, 9.17) is 21.1 Å². The number of nitrogens with zero attached hydrogens (tertiary/aromatic N) is 1. The second-order valence-electron chi connectivity index (χ2n) is 15.4. The van der Waals surface area contributed by atoms with Crippen LogP contribution in [0.1, 0.15) is 86.1 Å². The number of aliphatic hydroxyl groups excluding tert-OH is 1. The summed E-state index contributed by atoms with van der Waals surface area (Å²) in [5.74, 6) is 0.730. The van der Waals surface area contributed by atoms with Gasteiger partial charge in [-0.2, -0.15) is 0 Å². The van der Waals surface area contributed by atoms with Gasteiger partial charge in [0.25, 0.3) is 0 Å². The summed E-state index contributed by atoms with van der Waals surface area (Å²) < 4.78 is 11.9. The number of aromatic nitrogens is 1. The Hall–Kier alpha value is -4.42. The maximum atomic E-state index is 13.9. The van der Waals surface area contributed by atoms with Crippen molar-refractivity contribution in [3.05, 3.63) is 98.3 Å². The zero-order valence-corrected chi connectivity index (χ0v) is 32.1. The van der Waals surface area contributed by atoms with E-state index in [-0.39, 0.29) is 41.4 Å². The highest BCUT2D eigenvalue weighted by atomic mass is 35.5. The number of phenols is 1. The average molecular weight is 771 g/mol. The van der Waals surface area contributed by atoms with Gasteiger partial charge in [-0.05, 0) is 92.4 Å². The van der Waals surface area contributed by atoms with E-state index < -0.39 is 11.5 Å². The highest BCUT2D eigenvalue weighted by Crippen LogP contribution is 2.42. The molecule has 3 aromatic carbocycles. The maximum Gasteiger partial charge on any atom is 0.316 e. The Morgan fingerprint density at radius 3 is 2.51 bits per heavy atom. The summed E-state index contributed by atoms with van der Waals surface area (Å²) in [5.41, 5.74) is 3.25. The third-order valence-electron chi connectivity index (χ3n) is 11.9. The molecule has 3 aliphatic heterocycles. The van der Waals surface area contributed by atoms with Crippen molar-refractivity contribution >= 4 is 40.1 Å². The molecule has 1 unspecified atom stereocenters. The van der Waals surface area contributed by atoms with Crippen molar-refractivity contribution in [2.24, 2.45) is 5.92 Å². The molecule has 4 fully saturated rings. The smallest absolute Gasteiger partial charge is 0.316 e. The van der Waals surface area contributed by atoms with E-state index in [1.807, 2.05) is 0 Å². The standard InChI is InChI=1S/C43H51ClN4O7/c1-54-37-23-34(33(44)22-29(37)24-45-25-36(50)31-12-14-35(49)41-32(31)13-15-40(52)47-41)46-39(51)7-5-6-27-8-10-30(11-9-27)43(18-3-2-4-19-43)42(53)55-38-26-48-20-16-28(38)17-21-48/h8-15,22-23,28,36,38,45,49-50H,2-7,16-21,24-26H2,1H3,(H,46,51)(H,47,52)/t36?,38-/m0/s1. The summed E-state index contributed by atoms with van der Waals surface area (Å²) in [6, 6.07) is 17.8. The number of hydrogen-bond acceptors (Lipinski definition) is 9. The van der Waals surface area contributed by atoms with Crippen molar-refractivity contribution < 1.29 is 29.3 Å². The first-order valence-corrected chi connectivity index (χ1v) is 19.9. The van der Waals surface area contributed by atoms with E-state index in [0.717, 1.165) is 87.7 Å². The lowest BCUT2D eigenvalue weighted by atomic mass is 9.69. The number of piperidine rings is 3. The molecule has 292 valence electrons. The Balaban J connectivity index is 0.906. The molecule has 1 saturated carbocycles. The fraction of sp³-hybridized carbons (Fsp3) is 0.465. The molecular weight excluding hydrogens is 720 g/mol. The topological polar surface area (TPSA) is 153 Å². The predicted octanol–water partition coefficient (Wildman–Crippen LogP) is 6.52. The van der Waals surface area contributed by atoms with Crippen molar-refractivity contribution in [2.45, 2.75) is 88.4 Å². The van der Waals surface area contributed by atoms with Crippen LogP contribution in [-0.4, -0.2) is 71.4 Å². The number of H-pyrrole nitrogens is 1. The molecule has 2 atom stereocenters. The fourth-order valence-corrected chi connectivity index (χ4v) is 8.97. The van der Waals surface area contributed by atoms with Gasteiger partial charge < -0.3 is 35.3 Å².